The zero-order chi connectivity index (χ0) is 36.1. The second-order valence-electron chi connectivity index (χ2n) is 13.1. The number of likely N-dealkylation sites (N-methyl/N-ethyl adjacent to an activating group) is 1. The largest absolute Gasteiger partial charge is 0.480 e. The van der Waals surface area contributed by atoms with Gasteiger partial charge in [0, 0.05) is 31.0 Å². The van der Waals surface area contributed by atoms with Gasteiger partial charge in [-0.1, -0.05) is 51.4 Å². The second kappa shape index (κ2) is 21.5. The lowest BCUT2D eigenvalue weighted by atomic mass is 9.86. The van der Waals surface area contributed by atoms with Crippen molar-refractivity contribution >= 4 is 35.2 Å². The number of nitrogens with zero attached hydrogens (tertiary/aromatic N) is 5. The van der Waals surface area contributed by atoms with Crippen LogP contribution in [0.3, 0.4) is 0 Å². The summed E-state index contributed by atoms with van der Waals surface area (Å²) >= 11 is 11.5. The summed E-state index contributed by atoms with van der Waals surface area (Å²) in [5, 5.41) is 3.32. The zero-order valence-corrected chi connectivity index (χ0v) is 30.8. The molecule has 2 aliphatic rings. The number of carbonyl (C=O) groups is 2. The Morgan fingerprint density at radius 2 is 1.39 bits per heavy atom. The standard InChI is InChI=1S/C22H31ClN4O4.C13H16ClN3O.2CH4/c1-14(27(5)21(29)31-22(2,3)4)18(28)25-17-9-7-8-15(12-17)10-11-16-13-24-20(23)26-19(16)30-6;1-18-12-10(8-16-13(14)17-12)6-5-9-3-2-4-11(15)7-9;;/h13-15,17H,7-9,12H2,1-6H3,(H,25,28);8-9,11H,2-4,7,15H2,1H3;2*1H4/t14-,15-,17-;9-,11-;;/m00../s1. The topological polar surface area (TPSA) is 155 Å². The number of aromatic nitrogens is 4. The molecule has 0 spiro atoms. The number of amides is 2. The molecule has 12 nitrogen and oxygen atoms in total. The maximum atomic E-state index is 12.7. The van der Waals surface area contributed by atoms with Crippen molar-refractivity contribution in [2.45, 2.75) is 118 Å². The number of rotatable bonds is 5. The Morgan fingerprint density at radius 1 is 0.902 bits per heavy atom. The summed E-state index contributed by atoms with van der Waals surface area (Å²) in [6.07, 6.45) is 10.4. The Kier molecular flexibility index (Phi) is 19.1. The summed E-state index contributed by atoms with van der Waals surface area (Å²) in [5.41, 5.74) is 6.56. The molecule has 0 aromatic carbocycles. The Hall–Kier alpha value is -3.84. The van der Waals surface area contributed by atoms with Crippen LogP contribution in [-0.2, 0) is 9.53 Å². The van der Waals surface area contributed by atoms with E-state index in [1.54, 1.807) is 48.0 Å². The zero-order valence-electron chi connectivity index (χ0n) is 29.3. The van der Waals surface area contributed by atoms with E-state index in [1.807, 2.05) is 0 Å². The molecule has 0 saturated heterocycles. The Balaban J connectivity index is 0.000000555. The third-order valence-electron chi connectivity index (χ3n) is 8.03. The molecule has 5 atom stereocenters. The van der Waals surface area contributed by atoms with Crippen LogP contribution in [0.5, 0.6) is 11.8 Å². The van der Waals surface area contributed by atoms with Crippen LogP contribution in [-0.4, -0.2) is 81.8 Å². The van der Waals surface area contributed by atoms with E-state index < -0.39 is 17.7 Å². The Bertz CT molecular complexity index is 1560. The lowest BCUT2D eigenvalue weighted by Crippen LogP contribution is -2.50. The molecule has 51 heavy (non-hydrogen) atoms. The summed E-state index contributed by atoms with van der Waals surface area (Å²) in [6, 6.07) is -0.364. The normalized spacial score (nSPS) is 20.0. The molecule has 2 heterocycles. The van der Waals surface area contributed by atoms with Gasteiger partial charge in [0.05, 0.1) is 26.6 Å². The number of nitrogens with two attached hydrogens (primary N) is 1. The van der Waals surface area contributed by atoms with Gasteiger partial charge in [-0.2, -0.15) is 9.97 Å². The van der Waals surface area contributed by atoms with Crippen molar-refractivity contribution in [3.63, 3.8) is 0 Å². The van der Waals surface area contributed by atoms with Crippen LogP contribution in [0.25, 0.3) is 0 Å². The van der Waals surface area contributed by atoms with Crippen molar-refractivity contribution in [2.75, 3.05) is 21.3 Å². The van der Waals surface area contributed by atoms with Crippen LogP contribution < -0.4 is 20.5 Å². The van der Waals surface area contributed by atoms with E-state index in [-0.39, 0.29) is 49.3 Å². The minimum Gasteiger partial charge on any atom is -0.480 e. The highest BCUT2D eigenvalue weighted by Crippen LogP contribution is 2.25. The number of nitrogens with one attached hydrogen (secondary N) is 1. The van der Waals surface area contributed by atoms with E-state index in [1.165, 1.54) is 18.2 Å². The van der Waals surface area contributed by atoms with E-state index in [4.69, 9.17) is 43.1 Å². The molecule has 2 aromatic rings. The number of halogens is 2. The van der Waals surface area contributed by atoms with Gasteiger partial charge >= 0.3 is 6.09 Å². The molecular formula is C37H55Cl2N7O5. The molecule has 2 saturated carbocycles. The van der Waals surface area contributed by atoms with E-state index in [2.05, 4.69) is 48.9 Å². The number of ether oxygens (including phenoxy) is 3. The molecule has 3 N–H and O–H groups in total. The van der Waals surface area contributed by atoms with E-state index in [0.717, 1.165) is 51.4 Å². The van der Waals surface area contributed by atoms with Crippen molar-refractivity contribution in [3.8, 4) is 35.4 Å². The van der Waals surface area contributed by atoms with Crippen molar-refractivity contribution in [3.05, 3.63) is 34.1 Å². The molecule has 2 aliphatic carbocycles. The Morgan fingerprint density at radius 3 is 1.86 bits per heavy atom. The minimum atomic E-state index is -0.642. The molecule has 2 aromatic heterocycles. The SMILES string of the molecule is C.C.COc1nc(Cl)ncc1C#C[C@@H]1CCC[C@H](N)C1.COc1nc(Cl)ncc1C#C[C@@H]1CCC[C@H](NC(=O)[C@H](C)N(C)C(=O)OC(C)(C)C)C1. The van der Waals surface area contributed by atoms with Gasteiger partial charge in [0.25, 0.3) is 0 Å². The van der Waals surface area contributed by atoms with Crippen LogP contribution in [0, 0.1) is 35.5 Å². The highest BCUT2D eigenvalue weighted by atomic mass is 35.5. The second-order valence-corrected chi connectivity index (χ2v) is 13.8. The highest BCUT2D eigenvalue weighted by molar-refractivity contribution is 6.28. The van der Waals surface area contributed by atoms with Gasteiger partial charge in [0.1, 0.15) is 22.8 Å². The first-order valence-electron chi connectivity index (χ1n) is 16.4. The first-order valence-corrected chi connectivity index (χ1v) is 17.1. The monoisotopic (exact) mass is 747 g/mol. The van der Waals surface area contributed by atoms with Crippen molar-refractivity contribution in [2.24, 2.45) is 17.6 Å². The fraction of sp³-hybridized carbons (Fsp3) is 0.622. The number of hydrogen-bond acceptors (Lipinski definition) is 10. The van der Waals surface area contributed by atoms with Gasteiger partial charge in [-0.15, -0.1) is 0 Å². The van der Waals surface area contributed by atoms with Crippen molar-refractivity contribution in [1.82, 2.24) is 30.2 Å². The molecule has 0 bridgehead atoms. The van der Waals surface area contributed by atoms with Gasteiger partial charge in [-0.25, -0.2) is 14.8 Å². The van der Waals surface area contributed by atoms with Crippen LogP contribution in [0.4, 0.5) is 4.79 Å². The van der Waals surface area contributed by atoms with Gasteiger partial charge in [0.2, 0.25) is 28.2 Å². The van der Waals surface area contributed by atoms with E-state index >= 15 is 0 Å². The fourth-order valence-electron chi connectivity index (χ4n) is 5.33. The average molecular weight is 749 g/mol. The number of carbonyl (C=O) groups excluding carboxylic acids is 2. The predicted molar refractivity (Wildman–Crippen MR) is 202 cm³/mol. The number of hydrogen-bond donors (Lipinski definition) is 2. The summed E-state index contributed by atoms with van der Waals surface area (Å²) in [5.74, 6) is 13.6. The lowest BCUT2D eigenvalue weighted by Gasteiger charge is -2.31. The molecular weight excluding hydrogens is 693 g/mol. The van der Waals surface area contributed by atoms with Gasteiger partial charge in [-0.05, 0) is 89.4 Å². The summed E-state index contributed by atoms with van der Waals surface area (Å²) in [4.78, 5) is 42.1. The van der Waals surface area contributed by atoms with Gasteiger partial charge in [-0.3, -0.25) is 9.69 Å². The highest BCUT2D eigenvalue weighted by Gasteiger charge is 2.29. The van der Waals surface area contributed by atoms with Crippen LogP contribution in [0.2, 0.25) is 10.6 Å². The predicted octanol–water partition coefficient (Wildman–Crippen LogP) is 6.70. The molecule has 0 radical (unpaired) electrons. The molecule has 0 unspecified atom stereocenters. The van der Waals surface area contributed by atoms with Crippen LogP contribution in [0.15, 0.2) is 12.4 Å². The smallest absolute Gasteiger partial charge is 0.410 e. The third-order valence-corrected chi connectivity index (χ3v) is 8.40. The van der Waals surface area contributed by atoms with Crippen LogP contribution >= 0.6 is 23.2 Å². The molecule has 14 heteroatoms. The van der Waals surface area contributed by atoms with Crippen molar-refractivity contribution < 1.29 is 23.8 Å². The van der Waals surface area contributed by atoms with Gasteiger partial charge in [0.15, 0.2) is 0 Å². The molecule has 282 valence electrons. The molecule has 2 amide bonds. The summed E-state index contributed by atoms with van der Waals surface area (Å²) in [6.45, 7) is 7.06. The molecule has 2 fully saturated rings. The van der Waals surface area contributed by atoms with Crippen molar-refractivity contribution in [1.29, 1.82) is 0 Å². The maximum absolute atomic E-state index is 12.7. The number of methoxy groups -OCH3 is 2. The molecule has 4 rings (SSSR count). The van der Waals surface area contributed by atoms with E-state index in [9.17, 15) is 9.59 Å². The minimum absolute atomic E-state index is 0. The third kappa shape index (κ3) is 15.1. The first-order chi connectivity index (χ1) is 23.2. The van der Waals surface area contributed by atoms with Gasteiger partial charge < -0.3 is 25.3 Å². The first kappa shape index (κ1) is 45.2. The fourth-order valence-corrected chi connectivity index (χ4v) is 5.59. The lowest BCUT2D eigenvalue weighted by molar-refractivity contribution is -0.126. The summed E-state index contributed by atoms with van der Waals surface area (Å²) < 4.78 is 15.7. The molecule has 0 aliphatic heterocycles. The maximum Gasteiger partial charge on any atom is 0.410 e. The average Bonchev–Trinajstić information content (AvgIpc) is 3.06. The Labute approximate surface area is 314 Å². The van der Waals surface area contributed by atoms with Crippen LogP contribution in [0.1, 0.15) is 105 Å². The summed E-state index contributed by atoms with van der Waals surface area (Å²) in [7, 11) is 4.61. The van der Waals surface area contributed by atoms with E-state index in [0.29, 0.717) is 28.8 Å². The quantitative estimate of drug-likeness (QED) is 0.249.